The van der Waals surface area contributed by atoms with Gasteiger partial charge in [0.25, 0.3) is 0 Å². The van der Waals surface area contributed by atoms with E-state index < -0.39 is 11.1 Å². The molecule has 5 heterocycles. The first-order chi connectivity index (χ1) is 13.1. The molecule has 0 bridgehead atoms. The number of rotatable bonds is 4. The van der Waals surface area contributed by atoms with Crippen LogP contribution in [0.1, 0.15) is 28.6 Å². The minimum absolute atomic E-state index is 0.138. The standard InChI is InChI=1S/C18H19N5O2S2/c24-15-16(25)23(10-13-2-1-8-26-13)20-17-18(4-7-22(15)17)3-6-21(12-18)11-14-19-5-9-27-14/h1-2,5,8-9H,3-4,6-7,10-12H2/t18-/m0/s1. The van der Waals surface area contributed by atoms with E-state index in [2.05, 4.69) is 15.0 Å². The molecular formula is C18H19N5O2S2. The summed E-state index contributed by atoms with van der Waals surface area (Å²) < 4.78 is 2.97. The largest absolute Gasteiger partial charge is 0.332 e. The first kappa shape index (κ1) is 17.0. The number of hydrogen-bond acceptors (Lipinski definition) is 7. The van der Waals surface area contributed by atoms with E-state index in [1.54, 1.807) is 27.2 Å². The highest BCUT2D eigenvalue weighted by Crippen LogP contribution is 2.40. The molecule has 5 rings (SSSR count). The summed E-state index contributed by atoms with van der Waals surface area (Å²) in [6, 6.07) is 3.91. The van der Waals surface area contributed by atoms with Crippen molar-refractivity contribution < 1.29 is 0 Å². The predicted molar refractivity (Wildman–Crippen MR) is 104 cm³/mol. The second-order valence-corrected chi connectivity index (χ2v) is 9.25. The van der Waals surface area contributed by atoms with Crippen LogP contribution >= 0.6 is 22.7 Å². The molecule has 1 spiro atoms. The van der Waals surface area contributed by atoms with Crippen molar-refractivity contribution in [3.8, 4) is 0 Å². The number of fused-ring (bicyclic) bond motifs is 2. The molecule has 1 atom stereocenters. The van der Waals surface area contributed by atoms with Gasteiger partial charge in [0.05, 0.1) is 13.1 Å². The lowest BCUT2D eigenvalue weighted by molar-refractivity contribution is 0.297. The molecule has 0 aliphatic carbocycles. The van der Waals surface area contributed by atoms with Crippen LogP contribution < -0.4 is 11.1 Å². The van der Waals surface area contributed by atoms with Gasteiger partial charge in [0.15, 0.2) is 0 Å². The third-order valence-electron chi connectivity index (χ3n) is 5.58. The molecule has 0 unspecified atom stereocenters. The lowest BCUT2D eigenvalue weighted by Gasteiger charge is -2.23. The van der Waals surface area contributed by atoms with Gasteiger partial charge in [-0.05, 0) is 30.8 Å². The second-order valence-electron chi connectivity index (χ2n) is 7.24. The smallest absolute Gasteiger partial charge is 0.296 e. The Balaban J connectivity index is 1.48. The molecule has 140 valence electrons. The third kappa shape index (κ3) is 2.90. The average molecular weight is 402 g/mol. The van der Waals surface area contributed by atoms with Gasteiger partial charge in [0.2, 0.25) is 0 Å². The van der Waals surface area contributed by atoms with Crippen molar-refractivity contribution in [1.82, 2.24) is 24.2 Å². The summed E-state index contributed by atoms with van der Waals surface area (Å²) in [5, 5.41) is 9.76. The maximum atomic E-state index is 12.7. The van der Waals surface area contributed by atoms with Crippen LogP contribution in [-0.4, -0.2) is 37.3 Å². The molecule has 1 fully saturated rings. The summed E-state index contributed by atoms with van der Waals surface area (Å²) in [5.74, 6) is 0.783. The third-order valence-corrected chi connectivity index (χ3v) is 7.21. The van der Waals surface area contributed by atoms with Crippen LogP contribution in [0, 0.1) is 0 Å². The van der Waals surface area contributed by atoms with Gasteiger partial charge in [-0.25, -0.2) is 9.67 Å². The fraction of sp³-hybridized carbons (Fsp3) is 0.444. The van der Waals surface area contributed by atoms with Gasteiger partial charge >= 0.3 is 11.1 Å². The summed E-state index contributed by atoms with van der Waals surface area (Å²) in [6.45, 7) is 3.59. The van der Waals surface area contributed by atoms with E-state index in [1.807, 2.05) is 29.1 Å². The van der Waals surface area contributed by atoms with Crippen LogP contribution in [0.2, 0.25) is 0 Å². The molecule has 0 radical (unpaired) electrons. The monoisotopic (exact) mass is 401 g/mol. The van der Waals surface area contributed by atoms with E-state index in [9.17, 15) is 9.59 Å². The minimum atomic E-state index is -0.526. The van der Waals surface area contributed by atoms with Gasteiger partial charge in [-0.3, -0.25) is 19.1 Å². The predicted octanol–water partition coefficient (Wildman–Crippen LogP) is 1.52. The molecule has 7 nitrogen and oxygen atoms in total. The molecule has 27 heavy (non-hydrogen) atoms. The van der Waals surface area contributed by atoms with Crippen molar-refractivity contribution in [2.45, 2.75) is 37.9 Å². The Kier molecular flexibility index (Phi) is 4.10. The van der Waals surface area contributed by atoms with Crippen molar-refractivity contribution in [3.63, 3.8) is 0 Å². The zero-order chi connectivity index (χ0) is 18.4. The first-order valence-corrected chi connectivity index (χ1v) is 10.8. The van der Waals surface area contributed by atoms with Crippen molar-refractivity contribution in [3.05, 3.63) is 65.5 Å². The minimum Gasteiger partial charge on any atom is -0.296 e. The van der Waals surface area contributed by atoms with E-state index >= 15 is 0 Å². The molecule has 0 aromatic carbocycles. The van der Waals surface area contributed by atoms with Gasteiger partial charge in [-0.2, -0.15) is 5.10 Å². The lowest BCUT2D eigenvalue weighted by atomic mass is 9.85. The number of thiazole rings is 1. The highest BCUT2D eigenvalue weighted by atomic mass is 32.1. The molecule has 2 aliphatic rings. The van der Waals surface area contributed by atoms with Crippen molar-refractivity contribution in [2.75, 3.05) is 13.1 Å². The number of likely N-dealkylation sites (tertiary alicyclic amines) is 1. The Labute approximate surface area is 163 Å². The van der Waals surface area contributed by atoms with E-state index in [0.29, 0.717) is 13.1 Å². The Morgan fingerprint density at radius 3 is 2.74 bits per heavy atom. The van der Waals surface area contributed by atoms with E-state index in [1.165, 1.54) is 4.68 Å². The molecule has 3 aromatic rings. The molecule has 0 N–H and O–H groups in total. The molecule has 2 aliphatic heterocycles. The van der Waals surface area contributed by atoms with Crippen LogP contribution in [-0.2, 0) is 25.0 Å². The summed E-state index contributed by atoms with van der Waals surface area (Å²) in [5.41, 5.74) is -1.10. The van der Waals surface area contributed by atoms with Gasteiger partial charge < -0.3 is 0 Å². The summed E-state index contributed by atoms with van der Waals surface area (Å²) in [7, 11) is 0. The van der Waals surface area contributed by atoms with Crippen LogP contribution in [0.25, 0.3) is 0 Å². The summed E-state index contributed by atoms with van der Waals surface area (Å²) in [4.78, 5) is 32.9. The van der Waals surface area contributed by atoms with Gasteiger partial charge in [-0.15, -0.1) is 22.7 Å². The number of thiophene rings is 1. The van der Waals surface area contributed by atoms with Gasteiger partial charge in [0.1, 0.15) is 10.8 Å². The van der Waals surface area contributed by atoms with E-state index in [0.717, 1.165) is 48.2 Å². The zero-order valence-corrected chi connectivity index (χ0v) is 16.3. The van der Waals surface area contributed by atoms with Crippen molar-refractivity contribution >= 4 is 22.7 Å². The number of hydrogen-bond donors (Lipinski definition) is 0. The first-order valence-electron chi connectivity index (χ1n) is 9.00. The topological polar surface area (TPSA) is 73.0 Å². The van der Waals surface area contributed by atoms with Crippen molar-refractivity contribution in [2.24, 2.45) is 0 Å². The SMILES string of the molecule is O=c1c(=O)n2c(nn1Cc1cccs1)[C@@]1(CCN(Cc3nccs3)C1)CC2. The van der Waals surface area contributed by atoms with Crippen molar-refractivity contribution in [1.29, 1.82) is 0 Å². The average Bonchev–Trinajstić information content (AvgIpc) is 3.44. The molecular weight excluding hydrogens is 382 g/mol. The quantitative estimate of drug-likeness (QED) is 0.620. The normalized spacial score (nSPS) is 21.9. The maximum absolute atomic E-state index is 12.7. The maximum Gasteiger partial charge on any atom is 0.332 e. The molecule has 1 saturated heterocycles. The molecule has 0 amide bonds. The molecule has 0 saturated carbocycles. The van der Waals surface area contributed by atoms with Gasteiger partial charge in [0, 0.05) is 35.0 Å². The number of aromatic nitrogens is 4. The fourth-order valence-corrected chi connectivity index (χ4v) is 5.58. The van der Waals surface area contributed by atoms with Crippen LogP contribution in [0.4, 0.5) is 0 Å². The molecule has 9 heteroatoms. The highest BCUT2D eigenvalue weighted by molar-refractivity contribution is 7.10. The Morgan fingerprint density at radius 1 is 1.07 bits per heavy atom. The van der Waals surface area contributed by atoms with Gasteiger partial charge in [-0.1, -0.05) is 6.07 Å². The highest BCUT2D eigenvalue weighted by Gasteiger charge is 2.47. The number of nitrogens with zero attached hydrogens (tertiary/aromatic N) is 5. The summed E-state index contributed by atoms with van der Waals surface area (Å²) in [6.07, 6.45) is 3.66. The fourth-order valence-electron chi connectivity index (χ4n) is 4.23. The lowest BCUT2D eigenvalue weighted by Crippen LogP contribution is -2.45. The zero-order valence-electron chi connectivity index (χ0n) is 14.7. The van der Waals surface area contributed by atoms with Crippen LogP contribution in [0.3, 0.4) is 0 Å². The Bertz CT molecular complexity index is 1070. The van der Waals surface area contributed by atoms with Crippen LogP contribution in [0.15, 0.2) is 38.7 Å². The second kappa shape index (κ2) is 6.50. The molecule has 3 aromatic heterocycles. The Hall–Kier alpha value is -2.10. The van der Waals surface area contributed by atoms with E-state index in [-0.39, 0.29) is 5.41 Å². The Morgan fingerprint density at radius 2 is 1.96 bits per heavy atom. The van der Waals surface area contributed by atoms with E-state index in [4.69, 9.17) is 0 Å². The summed E-state index contributed by atoms with van der Waals surface area (Å²) >= 11 is 3.24. The van der Waals surface area contributed by atoms with Crippen LogP contribution in [0.5, 0.6) is 0 Å².